The molecule has 0 atom stereocenters. The number of nitrogens with zero attached hydrogens (tertiary/aromatic N) is 1. The van der Waals surface area contributed by atoms with E-state index in [4.69, 9.17) is 4.74 Å². The number of anilines is 2. The summed E-state index contributed by atoms with van der Waals surface area (Å²) < 4.78 is 18.2. The van der Waals surface area contributed by atoms with Crippen LogP contribution in [0, 0.1) is 5.82 Å². The molecule has 6 heteroatoms. The van der Waals surface area contributed by atoms with Crippen molar-refractivity contribution in [3.63, 3.8) is 0 Å². The van der Waals surface area contributed by atoms with Gasteiger partial charge >= 0.3 is 5.97 Å². The van der Waals surface area contributed by atoms with Crippen LogP contribution >= 0.6 is 11.3 Å². The molecule has 4 nitrogen and oxygen atoms in total. The Kier molecular flexibility index (Phi) is 4.57. The molecule has 0 spiro atoms. The van der Waals surface area contributed by atoms with Crippen molar-refractivity contribution in [2.45, 2.75) is 26.2 Å². The number of carbonyl (C=O) groups is 1. The molecule has 1 heterocycles. The van der Waals surface area contributed by atoms with Gasteiger partial charge in [0, 0.05) is 11.1 Å². The Balaban J connectivity index is 2.16. The van der Waals surface area contributed by atoms with E-state index in [-0.39, 0.29) is 11.8 Å². The lowest BCUT2D eigenvalue weighted by atomic mass is 9.90. The van der Waals surface area contributed by atoms with Gasteiger partial charge in [0.25, 0.3) is 0 Å². The Bertz CT molecular complexity index is 640. The van der Waals surface area contributed by atoms with Gasteiger partial charge in [-0.3, -0.25) is 4.79 Å². The molecular weight excluding hydrogens is 291 g/mol. The first-order valence-electron chi connectivity index (χ1n) is 6.59. The molecule has 0 saturated heterocycles. The highest BCUT2D eigenvalue weighted by Gasteiger charge is 2.33. The van der Waals surface area contributed by atoms with E-state index in [0.717, 1.165) is 0 Å². The minimum atomic E-state index is -0.811. The predicted molar refractivity (Wildman–Crippen MR) is 81.5 cm³/mol. The Labute approximate surface area is 127 Å². The average molecular weight is 308 g/mol. The normalized spacial score (nSPS) is 11.2. The van der Waals surface area contributed by atoms with Gasteiger partial charge < -0.3 is 10.1 Å². The van der Waals surface area contributed by atoms with E-state index in [0.29, 0.717) is 23.1 Å². The molecule has 112 valence electrons. The maximum atomic E-state index is 13.1. The van der Waals surface area contributed by atoms with E-state index in [1.165, 1.54) is 23.5 Å². The lowest BCUT2D eigenvalue weighted by Crippen LogP contribution is -2.31. The fourth-order valence-electron chi connectivity index (χ4n) is 1.72. The topological polar surface area (TPSA) is 51.2 Å². The molecule has 1 aromatic heterocycles. The van der Waals surface area contributed by atoms with Gasteiger partial charge in [0.15, 0.2) is 5.13 Å². The molecule has 0 bridgehead atoms. The molecule has 0 radical (unpaired) electrons. The molecule has 0 unspecified atom stereocenters. The van der Waals surface area contributed by atoms with Crippen LogP contribution in [-0.4, -0.2) is 17.6 Å². The van der Waals surface area contributed by atoms with Crippen LogP contribution in [-0.2, 0) is 14.9 Å². The Hall–Kier alpha value is -1.95. The standard InChI is InChI=1S/C15H17FN2O2S/c1-4-20-13(19)15(2,3)12-9-21-14(18-12)17-11-7-5-6-10(16)8-11/h5-9H,4H2,1-3H3,(H,17,18). The van der Waals surface area contributed by atoms with E-state index in [1.807, 2.05) is 0 Å². The molecule has 0 aliphatic heterocycles. The largest absolute Gasteiger partial charge is 0.465 e. The Morgan fingerprint density at radius 1 is 1.48 bits per heavy atom. The number of carbonyl (C=O) groups excluding carboxylic acids is 1. The summed E-state index contributed by atoms with van der Waals surface area (Å²) in [6.45, 7) is 5.64. The van der Waals surface area contributed by atoms with Gasteiger partial charge in [0.05, 0.1) is 12.3 Å². The number of halogens is 1. The van der Waals surface area contributed by atoms with Gasteiger partial charge in [0.1, 0.15) is 11.2 Å². The summed E-state index contributed by atoms with van der Waals surface area (Å²) in [6.07, 6.45) is 0. The average Bonchev–Trinajstić information content (AvgIpc) is 2.88. The first-order valence-corrected chi connectivity index (χ1v) is 7.47. The van der Waals surface area contributed by atoms with E-state index in [2.05, 4.69) is 10.3 Å². The van der Waals surface area contributed by atoms with Gasteiger partial charge in [0.2, 0.25) is 0 Å². The number of aromatic nitrogens is 1. The zero-order valence-electron chi connectivity index (χ0n) is 12.1. The second-order valence-corrected chi connectivity index (χ2v) is 5.88. The summed E-state index contributed by atoms with van der Waals surface area (Å²) in [5.41, 5.74) is 0.434. The lowest BCUT2D eigenvalue weighted by Gasteiger charge is -2.19. The number of hydrogen-bond donors (Lipinski definition) is 1. The molecule has 0 fully saturated rings. The van der Waals surface area contributed by atoms with Crippen molar-refractivity contribution < 1.29 is 13.9 Å². The van der Waals surface area contributed by atoms with Crippen molar-refractivity contribution in [1.29, 1.82) is 0 Å². The number of ether oxygens (including phenoxy) is 1. The molecular formula is C15H17FN2O2S. The summed E-state index contributed by atoms with van der Waals surface area (Å²) in [4.78, 5) is 16.3. The van der Waals surface area contributed by atoms with E-state index in [9.17, 15) is 9.18 Å². The maximum absolute atomic E-state index is 13.1. The first-order chi connectivity index (χ1) is 9.93. The summed E-state index contributed by atoms with van der Waals surface area (Å²) in [5.74, 6) is -0.628. The second-order valence-electron chi connectivity index (χ2n) is 5.02. The van der Waals surface area contributed by atoms with Gasteiger partial charge in [-0.2, -0.15) is 0 Å². The predicted octanol–water partition coefficient (Wildman–Crippen LogP) is 3.87. The van der Waals surface area contributed by atoms with Gasteiger partial charge in [-0.1, -0.05) is 6.07 Å². The smallest absolute Gasteiger partial charge is 0.317 e. The minimum absolute atomic E-state index is 0.312. The molecule has 1 aromatic carbocycles. The Morgan fingerprint density at radius 2 is 2.24 bits per heavy atom. The van der Waals surface area contributed by atoms with Crippen LogP contribution in [0.15, 0.2) is 29.6 Å². The van der Waals surface area contributed by atoms with Crippen molar-refractivity contribution in [1.82, 2.24) is 4.98 Å². The third-order valence-electron chi connectivity index (χ3n) is 3.01. The second kappa shape index (κ2) is 6.22. The molecule has 1 N–H and O–H groups in total. The van der Waals surface area contributed by atoms with Crippen LogP contribution in [0.4, 0.5) is 15.2 Å². The number of thiazole rings is 1. The molecule has 0 aliphatic carbocycles. The van der Waals surface area contributed by atoms with Gasteiger partial charge in [-0.25, -0.2) is 9.37 Å². The molecule has 21 heavy (non-hydrogen) atoms. The lowest BCUT2D eigenvalue weighted by molar-refractivity contribution is -0.148. The van der Waals surface area contributed by atoms with E-state index in [1.54, 1.807) is 38.3 Å². The quantitative estimate of drug-likeness (QED) is 0.852. The van der Waals surface area contributed by atoms with Crippen LogP contribution in [0.1, 0.15) is 26.5 Å². The molecule has 0 saturated carbocycles. The fraction of sp³-hybridized carbons (Fsp3) is 0.333. The van der Waals surface area contributed by atoms with Crippen LogP contribution in [0.2, 0.25) is 0 Å². The third-order valence-corrected chi connectivity index (χ3v) is 3.76. The SMILES string of the molecule is CCOC(=O)C(C)(C)c1csc(Nc2cccc(F)c2)n1. The van der Waals surface area contributed by atoms with E-state index < -0.39 is 5.41 Å². The zero-order chi connectivity index (χ0) is 15.5. The Morgan fingerprint density at radius 3 is 2.90 bits per heavy atom. The van der Waals surface area contributed by atoms with Crippen LogP contribution in [0.5, 0.6) is 0 Å². The summed E-state index contributed by atoms with van der Waals surface area (Å²) in [5, 5.41) is 5.43. The maximum Gasteiger partial charge on any atom is 0.317 e. The number of hydrogen-bond acceptors (Lipinski definition) is 5. The van der Waals surface area contributed by atoms with Crippen LogP contribution in [0.3, 0.4) is 0 Å². The highest BCUT2D eigenvalue weighted by atomic mass is 32.1. The molecule has 2 rings (SSSR count). The van der Waals surface area contributed by atoms with Crippen molar-refractivity contribution in [3.05, 3.63) is 41.2 Å². The van der Waals surface area contributed by atoms with Gasteiger partial charge in [-0.15, -0.1) is 11.3 Å². The number of esters is 1. The first kappa shape index (κ1) is 15.4. The number of benzene rings is 1. The van der Waals surface area contributed by atoms with Crippen LogP contribution in [0.25, 0.3) is 0 Å². The van der Waals surface area contributed by atoms with Crippen molar-refractivity contribution in [2.75, 3.05) is 11.9 Å². The van der Waals surface area contributed by atoms with Crippen molar-refractivity contribution in [2.24, 2.45) is 0 Å². The van der Waals surface area contributed by atoms with Crippen molar-refractivity contribution in [3.8, 4) is 0 Å². The molecule has 0 amide bonds. The molecule has 0 aliphatic rings. The van der Waals surface area contributed by atoms with Gasteiger partial charge in [-0.05, 0) is 39.0 Å². The molecule has 2 aromatic rings. The van der Waals surface area contributed by atoms with Crippen molar-refractivity contribution >= 4 is 28.1 Å². The summed E-state index contributed by atoms with van der Waals surface area (Å²) >= 11 is 1.36. The highest BCUT2D eigenvalue weighted by Crippen LogP contribution is 2.29. The van der Waals surface area contributed by atoms with Crippen LogP contribution < -0.4 is 5.32 Å². The third kappa shape index (κ3) is 3.58. The zero-order valence-corrected chi connectivity index (χ0v) is 13.0. The monoisotopic (exact) mass is 308 g/mol. The summed E-state index contributed by atoms with van der Waals surface area (Å²) in [7, 11) is 0. The summed E-state index contributed by atoms with van der Waals surface area (Å²) in [6, 6.07) is 6.13. The fourth-order valence-corrected chi connectivity index (χ4v) is 2.62. The van der Waals surface area contributed by atoms with E-state index >= 15 is 0 Å². The highest BCUT2D eigenvalue weighted by molar-refractivity contribution is 7.13. The number of nitrogens with one attached hydrogen (secondary N) is 1. The number of rotatable bonds is 5. The minimum Gasteiger partial charge on any atom is -0.465 e.